The van der Waals surface area contributed by atoms with E-state index in [1.807, 2.05) is 0 Å². The molecule has 0 spiro atoms. The maximum atomic E-state index is 12.2. The highest BCUT2D eigenvalue weighted by molar-refractivity contribution is 7.96. The van der Waals surface area contributed by atoms with Gasteiger partial charge in [0.1, 0.15) is 0 Å². The Morgan fingerprint density at radius 3 is 2.17 bits per heavy atom. The van der Waals surface area contributed by atoms with Gasteiger partial charge in [0, 0.05) is 0 Å². The third-order valence-corrected chi connectivity index (χ3v) is 2.82. The highest BCUT2D eigenvalue weighted by Crippen LogP contribution is 2.29. The molecule has 1 N–H and O–H groups in total. The lowest BCUT2D eigenvalue weighted by Crippen LogP contribution is -2.40. The summed E-state index contributed by atoms with van der Waals surface area (Å²) in [7, 11) is -9.77. The zero-order chi connectivity index (χ0) is 9.62. The summed E-state index contributed by atoms with van der Waals surface area (Å²) in [6.07, 6.45) is 0. The molecule has 1 aliphatic rings. The van der Waals surface area contributed by atoms with Crippen LogP contribution in [0.1, 0.15) is 0 Å². The van der Waals surface area contributed by atoms with Gasteiger partial charge >= 0.3 is 15.6 Å². The Balaban J connectivity index is 3.29. The van der Waals surface area contributed by atoms with Gasteiger partial charge in [-0.1, -0.05) is 0 Å². The molecule has 0 aliphatic carbocycles. The molecule has 1 rings (SSSR count). The first-order valence-electron chi connectivity index (χ1n) is 2.27. The van der Waals surface area contributed by atoms with Gasteiger partial charge in [0.15, 0.2) is 5.55 Å². The topological polar surface area (TPSA) is 89.9 Å². The number of alkyl halides is 2. The normalized spacial score (nSPS) is 38.6. The number of hydrogen-bond acceptors (Lipinski definition) is 5. The molecule has 0 amide bonds. The smallest absolute Gasteiger partial charge is 0.292 e. The predicted octanol–water partition coefficient (Wildman–Crippen LogP) is -0.655. The van der Waals surface area contributed by atoms with Crippen LogP contribution in [0.25, 0.3) is 0 Å². The zero-order valence-corrected chi connectivity index (χ0v) is 6.77. The molecule has 10 heteroatoms. The van der Waals surface area contributed by atoms with Crippen molar-refractivity contribution in [3.05, 3.63) is 0 Å². The molecule has 0 fully saturated rings. The molecule has 1 atom stereocenters. The Morgan fingerprint density at radius 2 is 1.83 bits per heavy atom. The molecular formula is C2H2F2O6S2. The van der Waals surface area contributed by atoms with Crippen LogP contribution in [0, 0.1) is 0 Å². The van der Waals surface area contributed by atoms with Crippen LogP contribution in [0.2, 0.25) is 0 Å². The summed E-state index contributed by atoms with van der Waals surface area (Å²) >= 11 is 0. The van der Waals surface area contributed by atoms with Crippen molar-refractivity contribution in [1.29, 1.82) is 0 Å². The Bertz CT molecular complexity index is 399. The van der Waals surface area contributed by atoms with Crippen LogP contribution in [0.3, 0.4) is 0 Å². The summed E-state index contributed by atoms with van der Waals surface area (Å²) in [4.78, 5) is 0. The van der Waals surface area contributed by atoms with Gasteiger partial charge in [-0.15, -0.1) is 0 Å². The molecule has 1 unspecified atom stereocenters. The van der Waals surface area contributed by atoms with Gasteiger partial charge in [-0.3, -0.25) is 4.55 Å². The molecule has 0 saturated heterocycles. The molecule has 0 saturated carbocycles. The van der Waals surface area contributed by atoms with Gasteiger partial charge in [-0.25, -0.2) is 8.39 Å². The van der Waals surface area contributed by atoms with Gasteiger partial charge in [-0.05, 0) is 0 Å². The van der Waals surface area contributed by atoms with Gasteiger partial charge in [0.2, 0.25) is 10.1 Å². The van der Waals surface area contributed by atoms with E-state index < -0.39 is 25.6 Å². The summed E-state index contributed by atoms with van der Waals surface area (Å²) in [6, 6.07) is 0. The number of halogens is 2. The van der Waals surface area contributed by atoms with Crippen LogP contribution in [-0.2, 0) is 28.6 Å². The van der Waals surface area contributed by atoms with Crippen LogP contribution in [0.4, 0.5) is 8.78 Å². The van der Waals surface area contributed by atoms with Gasteiger partial charge in [0.05, 0.1) is 0 Å². The summed E-state index contributed by atoms with van der Waals surface area (Å²) < 4.78 is 69.9. The van der Waals surface area contributed by atoms with E-state index in [1.165, 1.54) is 0 Å². The Hall–Kier alpha value is -0.290. The van der Waals surface area contributed by atoms with E-state index >= 15 is 0 Å². The fraction of sp³-hybridized carbons (Fsp3) is 0.500. The third kappa shape index (κ3) is 1.56. The molecule has 6 nitrogen and oxygen atoms in total. The van der Waals surface area contributed by atoms with E-state index in [1.54, 1.807) is 0 Å². The molecule has 0 aromatic rings. The molecule has 0 radical (unpaired) electrons. The van der Waals surface area contributed by atoms with E-state index in [0.29, 0.717) is 0 Å². The molecule has 0 aromatic carbocycles. The van der Waals surface area contributed by atoms with Gasteiger partial charge in [0.25, 0.3) is 0 Å². The van der Waals surface area contributed by atoms with Crippen molar-refractivity contribution in [3.8, 4) is 0 Å². The maximum absolute atomic E-state index is 12.2. The molecule has 1 aliphatic heterocycles. The lowest BCUT2D eigenvalue weighted by molar-refractivity contribution is -0.102. The fourth-order valence-corrected chi connectivity index (χ4v) is 2.22. The highest BCUT2D eigenvalue weighted by atomic mass is 32.3. The minimum absolute atomic E-state index is 0.209. The van der Waals surface area contributed by atoms with Crippen molar-refractivity contribution in [2.24, 2.45) is 0 Å². The van der Waals surface area contributed by atoms with Crippen LogP contribution in [0.15, 0.2) is 0 Å². The van der Waals surface area contributed by atoms with E-state index in [-0.39, 0.29) is 5.55 Å². The zero-order valence-electron chi connectivity index (χ0n) is 5.14. The number of hydrogen-bond donors (Lipinski definition) is 1. The number of rotatable bonds is 0. The summed E-state index contributed by atoms with van der Waals surface area (Å²) in [5, 5.41) is 0. The van der Waals surface area contributed by atoms with E-state index in [4.69, 9.17) is 4.55 Å². The quantitative estimate of drug-likeness (QED) is 0.434. The fourth-order valence-electron chi connectivity index (χ4n) is 0.358. The van der Waals surface area contributed by atoms with Crippen molar-refractivity contribution in [2.45, 2.75) is 5.44 Å². The van der Waals surface area contributed by atoms with Crippen molar-refractivity contribution < 1.29 is 34.3 Å². The molecular weight excluding hydrogens is 222 g/mol. The average molecular weight is 224 g/mol. The molecule has 0 bridgehead atoms. The van der Waals surface area contributed by atoms with Crippen LogP contribution in [0.5, 0.6) is 0 Å². The van der Waals surface area contributed by atoms with E-state index in [9.17, 15) is 21.4 Å². The van der Waals surface area contributed by atoms with Gasteiger partial charge in [-0.2, -0.15) is 21.4 Å². The Kier molecular flexibility index (Phi) is 1.92. The standard InChI is InChI=1S/C2H2F2O6S2/c3-2(4)10-11(5,6)1-9-12(2,7)8/h1H,(H,5,6). The molecule has 1 heterocycles. The lowest BCUT2D eigenvalue weighted by atomic mass is 11.5. The second-order valence-corrected chi connectivity index (χ2v) is 4.67. The molecule has 0 aromatic heterocycles. The van der Waals surface area contributed by atoms with Gasteiger partial charge < -0.3 is 0 Å². The van der Waals surface area contributed by atoms with Crippen molar-refractivity contribution in [3.63, 3.8) is 0 Å². The Labute approximate surface area is 66.2 Å². The molecule has 12 heavy (non-hydrogen) atoms. The van der Waals surface area contributed by atoms with E-state index in [0.717, 1.165) is 0 Å². The lowest BCUT2D eigenvalue weighted by Gasteiger charge is -2.18. The maximum Gasteiger partial charge on any atom is 0.502 e. The summed E-state index contributed by atoms with van der Waals surface area (Å²) in [5.41, 5.74) is -5.01. The highest BCUT2D eigenvalue weighted by Gasteiger charge is 2.54. The van der Waals surface area contributed by atoms with Crippen molar-refractivity contribution >= 4 is 25.8 Å². The average Bonchev–Trinajstić information content (AvgIpc) is 1.79. The second-order valence-electron chi connectivity index (χ2n) is 1.71. The minimum atomic E-state index is -5.28. The van der Waals surface area contributed by atoms with Crippen molar-refractivity contribution in [1.82, 2.24) is 0 Å². The molecule has 72 valence electrons. The van der Waals surface area contributed by atoms with Crippen LogP contribution in [-0.4, -0.2) is 28.2 Å². The summed E-state index contributed by atoms with van der Waals surface area (Å²) in [6.45, 7) is 0. The third-order valence-electron chi connectivity index (χ3n) is 0.795. The predicted molar refractivity (Wildman–Crippen MR) is 32.9 cm³/mol. The minimum Gasteiger partial charge on any atom is -0.292 e. The second kappa shape index (κ2) is 2.35. The van der Waals surface area contributed by atoms with Crippen molar-refractivity contribution in [2.75, 3.05) is 0 Å². The monoisotopic (exact) mass is 224 g/mol. The largest absolute Gasteiger partial charge is 0.502 e. The SMILES string of the molecule is O=S1(=O)OC=S(=O)(O)OC1(F)F. The Morgan fingerprint density at radius 1 is 1.33 bits per heavy atom. The first-order chi connectivity index (χ1) is 5.16. The first kappa shape index (κ1) is 9.80. The van der Waals surface area contributed by atoms with Crippen LogP contribution < -0.4 is 0 Å². The first-order valence-corrected chi connectivity index (χ1v) is 5.18. The summed E-state index contributed by atoms with van der Waals surface area (Å²) in [5.74, 6) is 0. The van der Waals surface area contributed by atoms with Crippen LogP contribution >= 0.6 is 0 Å². The van der Waals surface area contributed by atoms with E-state index in [2.05, 4.69) is 8.37 Å².